The summed E-state index contributed by atoms with van der Waals surface area (Å²) in [5.41, 5.74) is 2.02. The van der Waals surface area contributed by atoms with Crippen molar-refractivity contribution in [2.24, 2.45) is 0 Å². The first kappa shape index (κ1) is 18.5. The Kier molecular flexibility index (Phi) is 6.36. The first-order valence-corrected chi connectivity index (χ1v) is 9.18. The maximum absolute atomic E-state index is 12.2. The smallest absolute Gasteiger partial charge is 0.319 e. The molecule has 1 aliphatic rings. The van der Waals surface area contributed by atoms with Gasteiger partial charge in [0.2, 0.25) is 0 Å². The van der Waals surface area contributed by atoms with Crippen molar-refractivity contribution >= 4 is 23.3 Å². The molecular formula is C20H24ClN3O2. The summed E-state index contributed by atoms with van der Waals surface area (Å²) >= 11 is 5.93. The quantitative estimate of drug-likeness (QED) is 0.828. The zero-order valence-corrected chi connectivity index (χ0v) is 15.6. The van der Waals surface area contributed by atoms with E-state index in [-0.39, 0.29) is 12.1 Å². The van der Waals surface area contributed by atoms with E-state index < -0.39 is 0 Å². The molecule has 6 heteroatoms. The highest BCUT2D eigenvalue weighted by Gasteiger charge is 2.20. The second-order valence-electron chi connectivity index (χ2n) is 6.50. The lowest BCUT2D eigenvalue weighted by atomic mass is 10.0. The van der Waals surface area contributed by atoms with E-state index in [1.165, 1.54) is 5.56 Å². The van der Waals surface area contributed by atoms with Crippen molar-refractivity contribution in [2.75, 3.05) is 25.5 Å². The molecule has 0 saturated carbocycles. The minimum absolute atomic E-state index is 0.161. The Labute approximate surface area is 159 Å². The van der Waals surface area contributed by atoms with Gasteiger partial charge in [-0.3, -0.25) is 4.90 Å². The molecule has 3 rings (SSSR count). The molecular weight excluding hydrogens is 350 g/mol. The lowest BCUT2D eigenvalue weighted by Crippen LogP contribution is -2.45. The van der Waals surface area contributed by atoms with Crippen LogP contribution in [0, 0.1) is 0 Å². The highest BCUT2D eigenvalue weighted by Crippen LogP contribution is 2.17. The molecule has 2 aromatic rings. The topological polar surface area (TPSA) is 53.6 Å². The predicted molar refractivity (Wildman–Crippen MR) is 105 cm³/mol. The Morgan fingerprint density at radius 2 is 1.77 bits per heavy atom. The van der Waals surface area contributed by atoms with Gasteiger partial charge in [-0.05, 0) is 54.8 Å². The van der Waals surface area contributed by atoms with E-state index in [1.54, 1.807) is 7.11 Å². The van der Waals surface area contributed by atoms with Crippen molar-refractivity contribution in [1.29, 1.82) is 0 Å². The lowest BCUT2D eigenvalue weighted by molar-refractivity contribution is 0.190. The van der Waals surface area contributed by atoms with Gasteiger partial charge in [0, 0.05) is 36.4 Å². The molecule has 0 bridgehead atoms. The van der Waals surface area contributed by atoms with Crippen LogP contribution in [0.15, 0.2) is 48.5 Å². The number of ether oxygens (including phenoxy) is 1. The third-order valence-electron chi connectivity index (χ3n) is 4.59. The summed E-state index contributed by atoms with van der Waals surface area (Å²) in [6, 6.07) is 15.3. The van der Waals surface area contributed by atoms with Crippen molar-refractivity contribution in [3.8, 4) is 5.75 Å². The Balaban J connectivity index is 1.41. The molecule has 0 atom stereocenters. The summed E-state index contributed by atoms with van der Waals surface area (Å²) in [7, 11) is 1.62. The number of carbonyl (C=O) groups excluding carboxylic acids is 1. The maximum Gasteiger partial charge on any atom is 0.319 e. The summed E-state index contributed by atoms with van der Waals surface area (Å²) in [5, 5.41) is 6.69. The summed E-state index contributed by atoms with van der Waals surface area (Å²) in [6.07, 6.45) is 1.90. The molecule has 2 amide bonds. The molecule has 0 aliphatic carbocycles. The molecule has 0 radical (unpaired) electrons. The molecule has 1 saturated heterocycles. The molecule has 0 unspecified atom stereocenters. The Hall–Kier alpha value is -2.24. The van der Waals surface area contributed by atoms with Crippen LogP contribution in [0.5, 0.6) is 5.75 Å². The number of nitrogens with zero attached hydrogens (tertiary/aromatic N) is 1. The largest absolute Gasteiger partial charge is 0.497 e. The molecule has 26 heavy (non-hydrogen) atoms. The van der Waals surface area contributed by atoms with Gasteiger partial charge in [-0.2, -0.15) is 0 Å². The molecule has 138 valence electrons. The molecule has 0 aromatic heterocycles. The van der Waals surface area contributed by atoms with Gasteiger partial charge in [-0.15, -0.1) is 0 Å². The molecule has 0 spiro atoms. The summed E-state index contributed by atoms with van der Waals surface area (Å²) in [6.45, 7) is 2.86. The van der Waals surface area contributed by atoms with E-state index in [0.29, 0.717) is 0 Å². The lowest BCUT2D eigenvalue weighted by Gasteiger charge is -2.32. The summed E-state index contributed by atoms with van der Waals surface area (Å²) in [4.78, 5) is 14.6. The van der Waals surface area contributed by atoms with Crippen LogP contribution in [-0.4, -0.2) is 37.2 Å². The van der Waals surface area contributed by atoms with Crippen molar-refractivity contribution in [3.05, 3.63) is 59.1 Å². The Morgan fingerprint density at radius 3 is 2.38 bits per heavy atom. The van der Waals surface area contributed by atoms with Crippen LogP contribution in [0.1, 0.15) is 18.4 Å². The summed E-state index contributed by atoms with van der Waals surface area (Å²) in [5.74, 6) is 0.768. The average Bonchev–Trinajstić information content (AvgIpc) is 2.66. The monoisotopic (exact) mass is 373 g/mol. The molecule has 2 N–H and O–H groups in total. The third kappa shape index (κ3) is 5.38. The van der Waals surface area contributed by atoms with Gasteiger partial charge in [0.25, 0.3) is 0 Å². The second-order valence-corrected chi connectivity index (χ2v) is 6.94. The number of nitrogens with one attached hydrogen (secondary N) is 2. The maximum atomic E-state index is 12.2. The Bertz CT molecular complexity index is 711. The molecule has 1 fully saturated rings. The van der Waals surface area contributed by atoms with Crippen LogP contribution in [0.4, 0.5) is 10.5 Å². The van der Waals surface area contributed by atoms with Crippen molar-refractivity contribution in [2.45, 2.75) is 25.4 Å². The van der Waals surface area contributed by atoms with Crippen molar-refractivity contribution in [3.63, 3.8) is 0 Å². The van der Waals surface area contributed by atoms with Crippen LogP contribution >= 0.6 is 11.6 Å². The van der Waals surface area contributed by atoms with Gasteiger partial charge in [0.1, 0.15) is 5.75 Å². The highest BCUT2D eigenvalue weighted by molar-refractivity contribution is 6.30. The van der Waals surface area contributed by atoms with Crippen molar-refractivity contribution < 1.29 is 9.53 Å². The minimum atomic E-state index is -0.161. The van der Waals surface area contributed by atoms with E-state index in [9.17, 15) is 4.79 Å². The number of urea groups is 1. The third-order valence-corrected chi connectivity index (χ3v) is 4.84. The van der Waals surface area contributed by atoms with Crippen LogP contribution < -0.4 is 15.4 Å². The van der Waals surface area contributed by atoms with E-state index in [4.69, 9.17) is 16.3 Å². The van der Waals surface area contributed by atoms with Gasteiger partial charge in [0.15, 0.2) is 0 Å². The van der Waals surface area contributed by atoms with Gasteiger partial charge in [-0.25, -0.2) is 4.79 Å². The van der Waals surface area contributed by atoms with Gasteiger partial charge in [-0.1, -0.05) is 23.7 Å². The molecule has 2 aromatic carbocycles. The van der Waals surface area contributed by atoms with E-state index >= 15 is 0 Å². The normalized spacial score (nSPS) is 15.5. The van der Waals surface area contributed by atoms with Gasteiger partial charge < -0.3 is 15.4 Å². The highest BCUT2D eigenvalue weighted by atomic mass is 35.5. The number of benzene rings is 2. The number of methoxy groups -OCH3 is 1. The van der Waals surface area contributed by atoms with Crippen LogP contribution in [-0.2, 0) is 6.54 Å². The van der Waals surface area contributed by atoms with Crippen LogP contribution in [0.2, 0.25) is 5.02 Å². The number of rotatable bonds is 5. The van der Waals surface area contributed by atoms with Crippen molar-refractivity contribution in [1.82, 2.24) is 10.2 Å². The first-order chi connectivity index (χ1) is 12.6. The van der Waals surface area contributed by atoms with E-state index in [1.807, 2.05) is 36.4 Å². The number of hydrogen-bond acceptors (Lipinski definition) is 3. The van der Waals surface area contributed by atoms with Gasteiger partial charge in [0.05, 0.1) is 7.11 Å². The van der Waals surface area contributed by atoms with E-state index in [2.05, 4.69) is 27.7 Å². The number of anilines is 1. The number of halogens is 1. The molecule has 1 aliphatic heterocycles. The second kappa shape index (κ2) is 8.92. The standard InChI is InChI=1S/C20H24ClN3O2/c1-26-19-8-6-17(7-9-19)22-20(25)23-18-10-12-24(13-11-18)14-15-2-4-16(21)5-3-15/h2-9,18H,10-14H2,1H3,(H2,22,23,25). The fraction of sp³-hybridized carbons (Fsp3) is 0.350. The number of amides is 2. The van der Waals surface area contributed by atoms with E-state index in [0.717, 1.165) is 48.9 Å². The number of likely N-dealkylation sites (tertiary alicyclic amines) is 1. The van der Waals surface area contributed by atoms with Gasteiger partial charge >= 0.3 is 6.03 Å². The zero-order valence-electron chi connectivity index (χ0n) is 14.9. The average molecular weight is 374 g/mol. The fourth-order valence-corrected chi connectivity index (χ4v) is 3.24. The van der Waals surface area contributed by atoms with Crippen LogP contribution in [0.3, 0.4) is 0 Å². The fourth-order valence-electron chi connectivity index (χ4n) is 3.11. The summed E-state index contributed by atoms with van der Waals surface area (Å²) < 4.78 is 5.11. The number of piperidine rings is 1. The first-order valence-electron chi connectivity index (χ1n) is 8.81. The SMILES string of the molecule is COc1ccc(NC(=O)NC2CCN(Cc3ccc(Cl)cc3)CC2)cc1. The zero-order chi connectivity index (χ0) is 18.4. The molecule has 1 heterocycles. The number of hydrogen-bond donors (Lipinski definition) is 2. The Morgan fingerprint density at radius 1 is 1.12 bits per heavy atom. The predicted octanol–water partition coefficient (Wildman–Crippen LogP) is 4.13. The number of carbonyl (C=O) groups is 1. The minimum Gasteiger partial charge on any atom is -0.497 e. The molecule has 5 nitrogen and oxygen atoms in total. The van der Waals surface area contributed by atoms with Crippen LogP contribution in [0.25, 0.3) is 0 Å².